The summed E-state index contributed by atoms with van der Waals surface area (Å²) < 4.78 is 4.27. The first-order chi connectivity index (χ1) is 13.9. The van der Waals surface area contributed by atoms with Crippen LogP contribution in [0.2, 0.25) is 0 Å². The molecule has 29 heavy (non-hydrogen) atoms. The van der Waals surface area contributed by atoms with E-state index in [0.29, 0.717) is 11.3 Å². The molecule has 6 nitrogen and oxygen atoms in total. The molecule has 2 N–H and O–H groups in total. The van der Waals surface area contributed by atoms with Gasteiger partial charge in [-0.05, 0) is 30.5 Å². The molecule has 0 saturated heterocycles. The zero-order chi connectivity index (χ0) is 20.7. The van der Waals surface area contributed by atoms with Crippen LogP contribution in [0.25, 0.3) is 10.8 Å². The summed E-state index contributed by atoms with van der Waals surface area (Å²) >= 11 is 0. The Morgan fingerprint density at radius 2 is 2.14 bits per heavy atom. The highest BCUT2D eigenvalue weighted by Crippen LogP contribution is 2.41. The Bertz CT molecular complexity index is 1160. The lowest BCUT2D eigenvalue weighted by molar-refractivity contribution is -0.679. The molecule has 2 unspecified atom stereocenters. The van der Waals surface area contributed by atoms with Crippen LogP contribution < -0.4 is 15.4 Å². The first-order valence-corrected chi connectivity index (χ1v) is 10.1. The fourth-order valence-electron chi connectivity index (χ4n) is 4.43. The van der Waals surface area contributed by atoms with Gasteiger partial charge in [0.2, 0.25) is 0 Å². The predicted octanol–water partition coefficient (Wildman–Crippen LogP) is 3.17. The smallest absolute Gasteiger partial charge is 0.272 e. The van der Waals surface area contributed by atoms with Crippen LogP contribution in [0.1, 0.15) is 38.2 Å². The number of H-pyrrole nitrogens is 1. The molecule has 2 aromatic heterocycles. The molecule has 1 aliphatic rings. The van der Waals surface area contributed by atoms with Crippen molar-refractivity contribution in [1.29, 1.82) is 0 Å². The van der Waals surface area contributed by atoms with Crippen molar-refractivity contribution in [2.75, 3.05) is 5.32 Å². The van der Waals surface area contributed by atoms with E-state index in [1.54, 1.807) is 0 Å². The number of anilines is 1. The maximum atomic E-state index is 12.4. The topological polar surface area (TPSA) is 66.6 Å². The van der Waals surface area contributed by atoms with E-state index in [0.717, 1.165) is 22.6 Å². The van der Waals surface area contributed by atoms with E-state index in [9.17, 15) is 4.79 Å². The first kappa shape index (κ1) is 19.2. The molecular weight excluding hydrogens is 362 g/mol. The lowest BCUT2D eigenvalue weighted by Crippen LogP contribution is -2.43. The Kier molecular flexibility index (Phi) is 4.86. The molecule has 4 rings (SSSR count). The Hall–Kier alpha value is -3.15. The van der Waals surface area contributed by atoms with Crippen molar-refractivity contribution in [2.24, 2.45) is 20.0 Å². The zero-order valence-corrected chi connectivity index (χ0v) is 17.6. The summed E-state index contributed by atoms with van der Waals surface area (Å²) in [5.74, 6) is 1.47. The first-order valence-electron chi connectivity index (χ1n) is 10.1. The van der Waals surface area contributed by atoms with Crippen molar-refractivity contribution < 1.29 is 4.57 Å². The second-order valence-electron chi connectivity index (χ2n) is 8.05. The van der Waals surface area contributed by atoms with Crippen LogP contribution in [-0.2, 0) is 14.1 Å². The van der Waals surface area contributed by atoms with Gasteiger partial charge in [-0.1, -0.05) is 38.1 Å². The molecule has 2 atom stereocenters. The van der Waals surface area contributed by atoms with Gasteiger partial charge in [0.1, 0.15) is 18.3 Å². The Labute approximate surface area is 170 Å². The normalized spacial score (nSPS) is 19.3. The van der Waals surface area contributed by atoms with Crippen LogP contribution in [0.4, 0.5) is 5.69 Å². The van der Waals surface area contributed by atoms with Gasteiger partial charge in [0.15, 0.2) is 0 Å². The molecule has 6 heteroatoms. The number of benzene rings is 1. The van der Waals surface area contributed by atoms with Crippen LogP contribution >= 0.6 is 0 Å². The van der Waals surface area contributed by atoms with Crippen LogP contribution in [-0.4, -0.2) is 20.8 Å². The molecular formula is C23H28N5O+. The monoisotopic (exact) mass is 390 g/mol. The Morgan fingerprint density at radius 1 is 1.34 bits per heavy atom. The number of aromatic amines is 1. The number of nitrogens with zero attached hydrogens (tertiary/aromatic N) is 3. The van der Waals surface area contributed by atoms with Crippen LogP contribution in [0, 0.1) is 5.92 Å². The molecule has 1 aromatic carbocycles. The number of hydrogen-bond donors (Lipinski definition) is 2. The summed E-state index contributed by atoms with van der Waals surface area (Å²) in [5.41, 5.74) is 2.90. The minimum Gasteiger partial charge on any atom is -0.376 e. The lowest BCUT2D eigenvalue weighted by atomic mass is 9.82. The number of aromatic nitrogens is 4. The van der Waals surface area contributed by atoms with E-state index in [1.807, 2.05) is 25.1 Å². The van der Waals surface area contributed by atoms with Crippen LogP contribution in [0.15, 0.2) is 59.2 Å². The van der Waals surface area contributed by atoms with E-state index in [-0.39, 0.29) is 17.5 Å². The maximum Gasteiger partial charge on any atom is 0.272 e. The van der Waals surface area contributed by atoms with Gasteiger partial charge < -0.3 is 5.32 Å². The van der Waals surface area contributed by atoms with Gasteiger partial charge >= 0.3 is 0 Å². The molecule has 0 amide bonds. The average molecular weight is 391 g/mol. The SMILES string of the molecule is CC=CC(=CC(C)C)C1Nc2cccc3c(=O)[nH]nc(c23)C1c1n(C)cc[n+]1C. The fraction of sp³-hybridized carbons (Fsp3) is 0.348. The molecule has 3 heterocycles. The molecule has 0 fully saturated rings. The largest absolute Gasteiger partial charge is 0.376 e. The molecule has 3 aromatic rings. The molecule has 0 bridgehead atoms. The quantitative estimate of drug-likeness (QED) is 0.531. The van der Waals surface area contributed by atoms with Crippen molar-refractivity contribution in [3.05, 3.63) is 76.3 Å². The molecule has 150 valence electrons. The third-order valence-electron chi connectivity index (χ3n) is 5.54. The summed E-state index contributed by atoms with van der Waals surface area (Å²) in [6, 6.07) is 5.81. The number of nitrogens with one attached hydrogen (secondary N) is 2. The number of rotatable bonds is 4. The van der Waals surface area contributed by atoms with Crippen molar-refractivity contribution >= 4 is 16.5 Å². The maximum absolute atomic E-state index is 12.4. The van der Waals surface area contributed by atoms with Crippen molar-refractivity contribution in [2.45, 2.75) is 32.7 Å². The minimum atomic E-state index is -0.160. The van der Waals surface area contributed by atoms with E-state index in [4.69, 9.17) is 0 Å². The Morgan fingerprint density at radius 3 is 2.79 bits per heavy atom. The summed E-state index contributed by atoms with van der Waals surface area (Å²) in [6.07, 6.45) is 10.7. The minimum absolute atomic E-state index is 0.00935. The fourth-order valence-corrected chi connectivity index (χ4v) is 4.43. The second-order valence-corrected chi connectivity index (χ2v) is 8.05. The van der Waals surface area contributed by atoms with Gasteiger partial charge in [0.05, 0.1) is 31.2 Å². The average Bonchev–Trinajstić information content (AvgIpc) is 3.01. The molecule has 0 aliphatic carbocycles. The van der Waals surface area contributed by atoms with Gasteiger partial charge in [0, 0.05) is 11.1 Å². The van der Waals surface area contributed by atoms with Crippen LogP contribution in [0.5, 0.6) is 0 Å². The van der Waals surface area contributed by atoms with E-state index < -0.39 is 0 Å². The third-order valence-corrected chi connectivity index (χ3v) is 5.54. The highest BCUT2D eigenvalue weighted by atomic mass is 16.1. The third kappa shape index (κ3) is 3.18. The summed E-state index contributed by atoms with van der Waals surface area (Å²) in [6.45, 7) is 6.42. The summed E-state index contributed by atoms with van der Waals surface area (Å²) in [4.78, 5) is 12.4. The van der Waals surface area contributed by atoms with Gasteiger partial charge in [-0.2, -0.15) is 5.10 Å². The van der Waals surface area contributed by atoms with Gasteiger partial charge in [-0.3, -0.25) is 4.79 Å². The predicted molar refractivity (Wildman–Crippen MR) is 116 cm³/mol. The zero-order valence-electron chi connectivity index (χ0n) is 17.6. The van der Waals surface area contributed by atoms with E-state index in [2.05, 4.69) is 83.2 Å². The molecule has 0 radical (unpaired) electrons. The summed E-state index contributed by atoms with van der Waals surface area (Å²) in [5, 5.41) is 12.6. The van der Waals surface area contributed by atoms with Gasteiger partial charge in [-0.15, -0.1) is 0 Å². The Balaban J connectivity index is 2.05. The van der Waals surface area contributed by atoms with E-state index in [1.165, 1.54) is 5.57 Å². The van der Waals surface area contributed by atoms with Crippen LogP contribution in [0.3, 0.4) is 0 Å². The lowest BCUT2D eigenvalue weighted by Gasteiger charge is -2.33. The number of allylic oxidation sites excluding steroid dienone is 2. The summed E-state index contributed by atoms with van der Waals surface area (Å²) in [7, 11) is 4.11. The highest BCUT2D eigenvalue weighted by Gasteiger charge is 2.41. The van der Waals surface area contributed by atoms with E-state index >= 15 is 0 Å². The standard InChI is InChI=1S/C23H27N5O/c1-6-8-15(13-14(2)3)20-19(23-27(4)11-12-28(23)5)21-18-16(22(29)26-25-21)9-7-10-17(18)24-20/h6-14,19-20H,1-5H3,(H-,24,25,26,29)/p+1. The van der Waals surface area contributed by atoms with Crippen molar-refractivity contribution in [3.63, 3.8) is 0 Å². The number of aryl methyl sites for hydroxylation is 2. The molecule has 1 aliphatic heterocycles. The number of imidazole rings is 1. The van der Waals surface area contributed by atoms with Gasteiger partial charge in [-0.25, -0.2) is 14.2 Å². The highest BCUT2D eigenvalue weighted by molar-refractivity contribution is 5.97. The van der Waals surface area contributed by atoms with Crippen molar-refractivity contribution in [1.82, 2.24) is 14.8 Å². The van der Waals surface area contributed by atoms with Crippen molar-refractivity contribution in [3.8, 4) is 0 Å². The molecule has 0 spiro atoms. The van der Waals surface area contributed by atoms with Gasteiger partial charge in [0.25, 0.3) is 11.4 Å². The second kappa shape index (κ2) is 7.35. The number of hydrogen-bond acceptors (Lipinski definition) is 3. The molecule has 0 saturated carbocycles.